The topological polar surface area (TPSA) is 69.5 Å². The number of anilines is 3. The van der Waals surface area contributed by atoms with Gasteiger partial charge in [-0.25, -0.2) is 5.43 Å². The molecule has 1 aromatic heterocycles. The number of benzene rings is 1. The molecule has 0 aliphatic carbocycles. The average Bonchev–Trinajstić information content (AvgIpc) is 3.23. The average molecular weight is 408 g/mol. The van der Waals surface area contributed by atoms with E-state index in [1.165, 1.54) is 51.4 Å². The summed E-state index contributed by atoms with van der Waals surface area (Å²) in [5, 5.41) is 4.55. The fraction of sp³-hybridized carbons (Fsp3) is 0.565. The van der Waals surface area contributed by atoms with Gasteiger partial charge in [0.05, 0.1) is 5.71 Å². The third-order valence-corrected chi connectivity index (χ3v) is 5.90. The van der Waals surface area contributed by atoms with Crippen molar-refractivity contribution < 1.29 is 0 Å². The van der Waals surface area contributed by atoms with Crippen LogP contribution in [-0.2, 0) is 0 Å². The summed E-state index contributed by atoms with van der Waals surface area (Å²) in [6, 6.07) is 10.2. The van der Waals surface area contributed by atoms with Crippen molar-refractivity contribution in [1.29, 1.82) is 0 Å². The lowest BCUT2D eigenvalue weighted by Crippen LogP contribution is -2.30. The molecule has 3 heterocycles. The molecule has 2 aliphatic rings. The fourth-order valence-corrected chi connectivity index (χ4v) is 4.11. The molecule has 0 amide bonds. The predicted octanol–water partition coefficient (Wildman–Crippen LogP) is 4.47. The molecule has 0 radical (unpaired) electrons. The van der Waals surface area contributed by atoms with Crippen LogP contribution in [0, 0.1) is 0 Å². The Balaban J connectivity index is 1.60. The summed E-state index contributed by atoms with van der Waals surface area (Å²) in [5.41, 5.74) is 5.09. The van der Waals surface area contributed by atoms with Crippen molar-refractivity contribution >= 4 is 23.6 Å². The van der Waals surface area contributed by atoms with Crippen molar-refractivity contribution in [2.45, 2.75) is 58.3 Å². The van der Waals surface area contributed by atoms with E-state index in [2.05, 4.69) is 32.5 Å². The number of hydrazone groups is 1. The van der Waals surface area contributed by atoms with Crippen LogP contribution >= 0.6 is 0 Å². The number of rotatable bonds is 5. The number of aromatic nitrogens is 3. The van der Waals surface area contributed by atoms with Gasteiger partial charge < -0.3 is 9.80 Å². The van der Waals surface area contributed by atoms with Gasteiger partial charge >= 0.3 is 0 Å². The summed E-state index contributed by atoms with van der Waals surface area (Å²) in [5.74, 6) is 2.08. The molecule has 0 atom stereocenters. The number of nitrogens with one attached hydrogen (secondary N) is 1. The molecule has 0 saturated carbocycles. The lowest BCUT2D eigenvalue weighted by molar-refractivity contribution is 0.726. The molecule has 2 aromatic rings. The van der Waals surface area contributed by atoms with E-state index in [0.29, 0.717) is 5.95 Å². The zero-order chi connectivity index (χ0) is 20.6. The smallest absolute Gasteiger partial charge is 0.250 e. The van der Waals surface area contributed by atoms with Gasteiger partial charge in [0, 0.05) is 26.2 Å². The highest BCUT2D eigenvalue weighted by Gasteiger charge is 2.19. The molecule has 1 N–H and O–H groups in total. The van der Waals surface area contributed by atoms with Crippen LogP contribution < -0.4 is 15.2 Å². The largest absolute Gasteiger partial charge is 0.341 e. The quantitative estimate of drug-likeness (QED) is 0.583. The molecule has 7 nitrogen and oxygen atoms in total. The van der Waals surface area contributed by atoms with Crippen molar-refractivity contribution in [1.82, 2.24) is 15.0 Å². The fourth-order valence-electron chi connectivity index (χ4n) is 4.11. The Hall–Kier alpha value is -2.70. The summed E-state index contributed by atoms with van der Waals surface area (Å²) in [6.45, 7) is 6.03. The molecule has 7 heteroatoms. The summed E-state index contributed by atoms with van der Waals surface area (Å²) < 4.78 is 0. The van der Waals surface area contributed by atoms with Crippen LogP contribution in [0.5, 0.6) is 0 Å². The molecular formula is C23H33N7. The van der Waals surface area contributed by atoms with Gasteiger partial charge in [0.25, 0.3) is 0 Å². The maximum atomic E-state index is 4.89. The predicted molar refractivity (Wildman–Crippen MR) is 123 cm³/mol. The van der Waals surface area contributed by atoms with Gasteiger partial charge in [-0.1, -0.05) is 56.0 Å². The molecule has 0 unspecified atom stereocenters. The van der Waals surface area contributed by atoms with Crippen LogP contribution in [0.25, 0.3) is 0 Å². The minimum Gasteiger partial charge on any atom is -0.341 e. The monoisotopic (exact) mass is 407 g/mol. The Kier molecular flexibility index (Phi) is 7.11. The maximum Gasteiger partial charge on any atom is 0.250 e. The van der Waals surface area contributed by atoms with E-state index in [1.807, 2.05) is 25.1 Å². The normalized spacial score (nSPS) is 18.6. The van der Waals surface area contributed by atoms with Crippen molar-refractivity contribution in [3.8, 4) is 0 Å². The highest BCUT2D eigenvalue weighted by atomic mass is 15.4. The van der Waals surface area contributed by atoms with Crippen LogP contribution in [-0.4, -0.2) is 46.8 Å². The third-order valence-electron chi connectivity index (χ3n) is 5.90. The van der Waals surface area contributed by atoms with Gasteiger partial charge in [-0.2, -0.15) is 20.1 Å². The molecule has 160 valence electrons. The molecule has 2 aliphatic heterocycles. The van der Waals surface area contributed by atoms with Gasteiger partial charge in [0.1, 0.15) is 0 Å². The zero-order valence-electron chi connectivity index (χ0n) is 18.1. The molecule has 2 saturated heterocycles. The summed E-state index contributed by atoms with van der Waals surface area (Å²) in [7, 11) is 0. The van der Waals surface area contributed by atoms with E-state index in [9.17, 15) is 0 Å². The van der Waals surface area contributed by atoms with Crippen molar-refractivity contribution in [2.24, 2.45) is 5.10 Å². The Morgan fingerprint density at radius 3 is 1.73 bits per heavy atom. The van der Waals surface area contributed by atoms with Crippen molar-refractivity contribution in [2.75, 3.05) is 41.4 Å². The first-order valence-electron chi connectivity index (χ1n) is 11.4. The highest BCUT2D eigenvalue weighted by Crippen LogP contribution is 2.22. The van der Waals surface area contributed by atoms with Gasteiger partial charge in [-0.05, 0) is 38.2 Å². The highest BCUT2D eigenvalue weighted by molar-refractivity contribution is 5.98. The zero-order valence-corrected chi connectivity index (χ0v) is 18.1. The van der Waals surface area contributed by atoms with E-state index in [0.717, 1.165) is 49.4 Å². The van der Waals surface area contributed by atoms with Crippen molar-refractivity contribution in [3.63, 3.8) is 0 Å². The Labute approximate surface area is 179 Å². The minimum absolute atomic E-state index is 0.527. The summed E-state index contributed by atoms with van der Waals surface area (Å²) in [4.78, 5) is 19.0. The molecule has 30 heavy (non-hydrogen) atoms. The van der Waals surface area contributed by atoms with Gasteiger partial charge in [-0.3, -0.25) is 0 Å². The molecular weight excluding hydrogens is 374 g/mol. The SMILES string of the molecule is CC(=NNc1nc(N2CCCCCC2)nc(N2CCCCCC2)n1)c1ccccc1. The van der Waals surface area contributed by atoms with E-state index >= 15 is 0 Å². The Morgan fingerprint density at radius 2 is 1.23 bits per heavy atom. The van der Waals surface area contributed by atoms with Gasteiger partial charge in [-0.15, -0.1) is 0 Å². The van der Waals surface area contributed by atoms with Crippen LogP contribution in [0.15, 0.2) is 35.4 Å². The lowest BCUT2D eigenvalue weighted by atomic mass is 10.1. The van der Waals surface area contributed by atoms with Crippen molar-refractivity contribution in [3.05, 3.63) is 35.9 Å². The molecule has 1 aromatic carbocycles. The number of hydrogen-bond acceptors (Lipinski definition) is 7. The summed E-state index contributed by atoms with van der Waals surface area (Å²) in [6.07, 6.45) is 9.91. The first-order valence-corrected chi connectivity index (χ1v) is 11.4. The van der Waals surface area contributed by atoms with Crippen LogP contribution in [0.1, 0.15) is 63.9 Å². The minimum atomic E-state index is 0.527. The van der Waals surface area contributed by atoms with E-state index in [-0.39, 0.29) is 0 Å². The van der Waals surface area contributed by atoms with E-state index in [4.69, 9.17) is 15.0 Å². The Morgan fingerprint density at radius 1 is 0.733 bits per heavy atom. The second-order valence-corrected chi connectivity index (χ2v) is 8.24. The molecule has 0 spiro atoms. The van der Waals surface area contributed by atoms with E-state index < -0.39 is 0 Å². The lowest BCUT2D eigenvalue weighted by Gasteiger charge is -2.24. The number of hydrogen-bond donors (Lipinski definition) is 1. The maximum absolute atomic E-state index is 4.89. The second-order valence-electron chi connectivity index (χ2n) is 8.24. The summed E-state index contributed by atoms with van der Waals surface area (Å²) >= 11 is 0. The van der Waals surface area contributed by atoms with Crippen LogP contribution in [0.3, 0.4) is 0 Å². The molecule has 4 rings (SSSR count). The second kappa shape index (κ2) is 10.4. The van der Waals surface area contributed by atoms with E-state index in [1.54, 1.807) is 0 Å². The standard InChI is InChI=1S/C23H33N7/c1-19(20-13-7-6-8-14-20)27-28-21-24-22(29-15-9-2-3-10-16-29)26-23(25-21)30-17-11-4-5-12-18-30/h6-8,13-14H,2-5,9-12,15-18H2,1H3,(H,24,25,26,28). The molecule has 0 bridgehead atoms. The van der Waals surface area contributed by atoms with Gasteiger partial charge in [0.15, 0.2) is 0 Å². The van der Waals surface area contributed by atoms with Crippen LogP contribution in [0.4, 0.5) is 17.8 Å². The third kappa shape index (κ3) is 5.46. The molecule has 2 fully saturated rings. The Bertz CT molecular complexity index is 782. The first kappa shape index (κ1) is 20.6. The van der Waals surface area contributed by atoms with Gasteiger partial charge in [0.2, 0.25) is 17.8 Å². The first-order chi connectivity index (χ1) is 14.8. The van der Waals surface area contributed by atoms with Crippen LogP contribution in [0.2, 0.25) is 0 Å². The number of nitrogens with zero attached hydrogens (tertiary/aromatic N) is 6.